The number of nitrogens with zero attached hydrogens (tertiary/aromatic N) is 1. The summed E-state index contributed by atoms with van der Waals surface area (Å²) >= 11 is 0. The third-order valence-corrected chi connectivity index (χ3v) is 7.37. The van der Waals surface area contributed by atoms with Crippen molar-refractivity contribution in [2.75, 3.05) is 22.7 Å². The number of hydrogen-bond donors (Lipinski definition) is 3. The van der Waals surface area contributed by atoms with Crippen LogP contribution in [0.1, 0.15) is 44.7 Å². The van der Waals surface area contributed by atoms with Gasteiger partial charge in [-0.2, -0.15) is 0 Å². The van der Waals surface area contributed by atoms with Crippen molar-refractivity contribution in [3.05, 3.63) is 76.9 Å². The normalized spacial score (nSPS) is 15.3. The van der Waals surface area contributed by atoms with E-state index in [4.69, 9.17) is 0 Å². The average Bonchev–Trinajstić information content (AvgIpc) is 3.35. The van der Waals surface area contributed by atoms with E-state index in [-0.39, 0.29) is 27.1 Å². The number of fused-ring (bicyclic) bond motifs is 2. The summed E-state index contributed by atoms with van der Waals surface area (Å²) in [6.07, 6.45) is 2.07. The van der Waals surface area contributed by atoms with Crippen LogP contribution in [0.5, 0.6) is 11.5 Å². The molecule has 2 aliphatic rings. The van der Waals surface area contributed by atoms with E-state index in [9.17, 15) is 28.2 Å². The summed E-state index contributed by atoms with van der Waals surface area (Å²) in [4.78, 5) is 27.9. The summed E-state index contributed by atoms with van der Waals surface area (Å²) in [5, 5.41) is 21.0. The Morgan fingerprint density at radius 2 is 1.45 bits per heavy atom. The van der Waals surface area contributed by atoms with Gasteiger partial charge in [-0.15, -0.1) is 0 Å². The van der Waals surface area contributed by atoms with Gasteiger partial charge in [0.15, 0.2) is 23.1 Å². The molecule has 0 radical (unpaired) electrons. The number of anilines is 2. The summed E-state index contributed by atoms with van der Waals surface area (Å²) in [6, 6.07) is 13.6. The Labute approximate surface area is 190 Å². The predicted octanol–water partition coefficient (Wildman–Crippen LogP) is 3.27. The number of hydrogen-bond acceptors (Lipinski definition) is 7. The van der Waals surface area contributed by atoms with Gasteiger partial charge in [0, 0.05) is 35.5 Å². The number of benzene rings is 3. The molecule has 3 aromatic carbocycles. The molecule has 3 N–H and O–H groups in total. The number of phenols is 2. The molecule has 0 unspecified atom stereocenters. The van der Waals surface area contributed by atoms with Crippen LogP contribution in [0.3, 0.4) is 0 Å². The Balaban J connectivity index is 1.55. The monoisotopic (exact) mass is 464 g/mol. The molecule has 33 heavy (non-hydrogen) atoms. The van der Waals surface area contributed by atoms with Gasteiger partial charge in [-0.1, -0.05) is 30.3 Å². The van der Waals surface area contributed by atoms with Crippen LogP contribution >= 0.6 is 0 Å². The summed E-state index contributed by atoms with van der Waals surface area (Å²) < 4.78 is 28.4. The van der Waals surface area contributed by atoms with Gasteiger partial charge < -0.3 is 15.1 Å². The molecule has 0 spiro atoms. The van der Waals surface area contributed by atoms with E-state index in [0.717, 1.165) is 37.7 Å². The van der Waals surface area contributed by atoms with E-state index in [1.807, 2.05) is 6.07 Å². The molecule has 0 atom stereocenters. The number of phenolic OH excluding ortho intramolecular Hbond substituents is 2. The van der Waals surface area contributed by atoms with E-state index in [0.29, 0.717) is 0 Å². The standard InChI is InChI=1S/C24H20N2O6S/c27-21-16-8-1-2-9-17(16)22(28)20-18(21)13-19(23(29)24(20)30)25-33(31,32)15-7-5-6-14(12-15)26-10-3-4-11-26/h1-2,5-9,12-13,25,29-30H,3-4,10-11H2. The number of carbonyl (C=O) groups is 2. The molecule has 1 heterocycles. The highest BCUT2D eigenvalue weighted by Gasteiger charge is 2.35. The highest BCUT2D eigenvalue weighted by molar-refractivity contribution is 7.92. The molecule has 5 rings (SSSR count). The van der Waals surface area contributed by atoms with Crippen molar-refractivity contribution in [3.8, 4) is 11.5 Å². The Kier molecular flexibility index (Phi) is 4.86. The summed E-state index contributed by atoms with van der Waals surface area (Å²) in [7, 11) is -4.17. The molecule has 0 bridgehead atoms. The first kappa shape index (κ1) is 21.0. The topological polar surface area (TPSA) is 124 Å². The molecule has 1 aliphatic carbocycles. The molecule has 1 saturated heterocycles. The molecule has 0 amide bonds. The first-order chi connectivity index (χ1) is 15.8. The fourth-order valence-electron chi connectivity index (χ4n) is 4.33. The summed E-state index contributed by atoms with van der Waals surface area (Å²) in [6.45, 7) is 1.68. The highest BCUT2D eigenvalue weighted by atomic mass is 32.2. The Morgan fingerprint density at radius 1 is 0.788 bits per heavy atom. The Morgan fingerprint density at radius 3 is 2.15 bits per heavy atom. The number of carbonyl (C=O) groups excluding carboxylic acids is 2. The van der Waals surface area contributed by atoms with Gasteiger partial charge in [0.25, 0.3) is 10.0 Å². The fourth-order valence-corrected chi connectivity index (χ4v) is 5.43. The smallest absolute Gasteiger partial charge is 0.262 e. The first-order valence-corrected chi connectivity index (χ1v) is 11.9. The quantitative estimate of drug-likeness (QED) is 0.396. The van der Waals surface area contributed by atoms with Gasteiger partial charge in [0.1, 0.15) is 0 Å². The zero-order valence-electron chi connectivity index (χ0n) is 17.4. The molecule has 1 fully saturated rings. The molecule has 9 heteroatoms. The lowest BCUT2D eigenvalue weighted by Crippen LogP contribution is -2.22. The van der Waals surface area contributed by atoms with E-state index in [1.54, 1.807) is 18.2 Å². The maximum absolute atomic E-state index is 13.1. The van der Waals surface area contributed by atoms with Crippen molar-refractivity contribution >= 4 is 33.0 Å². The number of nitrogens with one attached hydrogen (secondary N) is 1. The molecule has 3 aromatic rings. The molecule has 1 aliphatic heterocycles. The fraction of sp³-hybridized carbons (Fsp3) is 0.167. The number of rotatable bonds is 4. The van der Waals surface area contributed by atoms with Gasteiger partial charge in [-0.25, -0.2) is 8.42 Å². The molecule has 0 saturated carbocycles. The average molecular weight is 464 g/mol. The van der Waals surface area contributed by atoms with E-state index >= 15 is 0 Å². The van der Waals surface area contributed by atoms with E-state index in [2.05, 4.69) is 9.62 Å². The zero-order chi connectivity index (χ0) is 23.3. The molecular weight excluding hydrogens is 444 g/mol. The lowest BCUT2D eigenvalue weighted by Gasteiger charge is -2.21. The van der Waals surface area contributed by atoms with Crippen LogP contribution in [-0.2, 0) is 10.0 Å². The third kappa shape index (κ3) is 3.41. The van der Waals surface area contributed by atoms with E-state index in [1.165, 1.54) is 24.3 Å². The molecule has 8 nitrogen and oxygen atoms in total. The van der Waals surface area contributed by atoms with Crippen molar-refractivity contribution in [1.82, 2.24) is 0 Å². The van der Waals surface area contributed by atoms with Crippen molar-refractivity contribution in [1.29, 1.82) is 0 Å². The first-order valence-electron chi connectivity index (χ1n) is 10.4. The maximum atomic E-state index is 13.1. The van der Waals surface area contributed by atoms with Crippen LogP contribution in [0, 0.1) is 0 Å². The lowest BCUT2D eigenvalue weighted by molar-refractivity contribution is 0.0976. The van der Waals surface area contributed by atoms with Gasteiger partial charge in [0.05, 0.1) is 16.1 Å². The van der Waals surface area contributed by atoms with Gasteiger partial charge in [0.2, 0.25) is 0 Å². The van der Waals surface area contributed by atoms with Crippen LogP contribution in [0.2, 0.25) is 0 Å². The molecular formula is C24H20N2O6S. The second-order valence-corrected chi connectivity index (χ2v) is 9.73. The largest absolute Gasteiger partial charge is 0.504 e. The number of aromatic hydroxyl groups is 2. The number of sulfonamides is 1. The van der Waals surface area contributed by atoms with Crippen LogP contribution < -0.4 is 9.62 Å². The van der Waals surface area contributed by atoms with Crippen molar-refractivity contribution in [3.63, 3.8) is 0 Å². The highest BCUT2D eigenvalue weighted by Crippen LogP contribution is 2.43. The minimum Gasteiger partial charge on any atom is -0.504 e. The van der Waals surface area contributed by atoms with Crippen LogP contribution in [-0.4, -0.2) is 43.3 Å². The van der Waals surface area contributed by atoms with Gasteiger partial charge in [-0.3, -0.25) is 14.3 Å². The van der Waals surface area contributed by atoms with Crippen LogP contribution in [0.25, 0.3) is 0 Å². The Hall–Kier alpha value is -3.85. The third-order valence-electron chi connectivity index (χ3n) is 6.01. The van der Waals surface area contributed by atoms with Crippen molar-refractivity contribution < 1.29 is 28.2 Å². The number of ketones is 2. The second kappa shape index (κ2) is 7.63. The summed E-state index contributed by atoms with van der Waals surface area (Å²) in [5.41, 5.74) is 0.0975. The maximum Gasteiger partial charge on any atom is 0.262 e. The molecule has 0 aromatic heterocycles. The van der Waals surface area contributed by atoms with Gasteiger partial charge in [-0.05, 0) is 37.1 Å². The minimum atomic E-state index is -4.17. The molecule has 168 valence electrons. The van der Waals surface area contributed by atoms with Crippen molar-refractivity contribution in [2.24, 2.45) is 0 Å². The minimum absolute atomic E-state index is 0.0312. The Bertz CT molecular complexity index is 1420. The summed E-state index contributed by atoms with van der Waals surface area (Å²) in [5.74, 6) is -2.84. The lowest BCUT2D eigenvalue weighted by atomic mass is 9.83. The predicted molar refractivity (Wildman–Crippen MR) is 122 cm³/mol. The van der Waals surface area contributed by atoms with Crippen molar-refractivity contribution in [2.45, 2.75) is 17.7 Å². The van der Waals surface area contributed by atoms with Crippen LogP contribution in [0.4, 0.5) is 11.4 Å². The zero-order valence-corrected chi connectivity index (χ0v) is 18.2. The SMILES string of the molecule is O=C1c2ccccc2C(=O)c2c1cc(NS(=O)(=O)c1cccc(N3CCCC3)c1)c(O)c2O. The van der Waals surface area contributed by atoms with E-state index < -0.39 is 38.8 Å². The van der Waals surface area contributed by atoms with Crippen LogP contribution in [0.15, 0.2) is 59.5 Å². The van der Waals surface area contributed by atoms with Gasteiger partial charge >= 0.3 is 0 Å². The second-order valence-electron chi connectivity index (χ2n) is 8.04.